The highest BCUT2D eigenvalue weighted by molar-refractivity contribution is 7.80. The first kappa shape index (κ1) is 24.8. The Bertz CT molecular complexity index is 1180. The number of carbonyl (C=O) groups is 1. The maximum absolute atomic E-state index is 13.5. The Morgan fingerprint density at radius 3 is 2.20 bits per heavy atom. The highest BCUT2D eigenvalue weighted by Gasteiger charge is 2.32. The van der Waals surface area contributed by atoms with Gasteiger partial charge in [-0.1, -0.05) is 4.49 Å². The number of hydrogen-bond donors (Lipinski definition) is 3. The molecule has 4 rings (SSSR count). The Morgan fingerprint density at radius 2 is 1.60 bits per heavy atom. The van der Waals surface area contributed by atoms with E-state index in [1.54, 1.807) is 30.3 Å². The predicted molar refractivity (Wildman–Crippen MR) is 135 cm³/mol. The molecule has 1 aliphatic rings. The molecule has 0 aliphatic carbocycles. The first-order valence-corrected chi connectivity index (χ1v) is 11.8. The van der Waals surface area contributed by atoms with Crippen molar-refractivity contribution in [1.82, 2.24) is 14.5 Å². The number of likely N-dealkylation sites (N-methyl/N-ethyl adjacent to an activating group) is 1. The molecule has 13 heteroatoms. The van der Waals surface area contributed by atoms with Crippen molar-refractivity contribution in [3.8, 4) is 0 Å². The molecule has 2 heterocycles. The maximum Gasteiger partial charge on any atom is 0.416 e. The summed E-state index contributed by atoms with van der Waals surface area (Å²) >= 11 is 6.40. The van der Waals surface area contributed by atoms with Crippen LogP contribution in [0.15, 0.2) is 47.8 Å². The summed E-state index contributed by atoms with van der Waals surface area (Å²) in [4.78, 5) is 16.1. The molecule has 1 amide bonds. The Morgan fingerprint density at radius 1 is 0.971 bits per heavy atom. The number of carbonyl (C=O) groups excluding carboxylic acids is 1. The molecule has 35 heavy (non-hydrogen) atoms. The SMILES string of the molecule is CN1CCN(c2cc(NC(=S)Nc3ccc(NC(=O)c4csnn4)cc3)cc(C(F)(F)F)c2)CC1. The summed E-state index contributed by atoms with van der Waals surface area (Å²) in [5, 5.41) is 13.9. The van der Waals surface area contributed by atoms with Gasteiger partial charge in [0.15, 0.2) is 10.8 Å². The average molecular weight is 522 g/mol. The number of anilines is 4. The minimum Gasteiger partial charge on any atom is -0.369 e. The fraction of sp³-hybridized carbons (Fsp3) is 0.273. The summed E-state index contributed by atoms with van der Waals surface area (Å²) < 4.78 is 44.3. The zero-order valence-electron chi connectivity index (χ0n) is 18.6. The minimum absolute atomic E-state index is 0.138. The van der Waals surface area contributed by atoms with Gasteiger partial charge in [0.25, 0.3) is 5.91 Å². The standard InChI is InChI=1S/C22H22F3N7OS2/c1-31-6-8-32(9-7-31)18-11-14(22(23,24)25)10-17(12-18)28-21(34)27-16-4-2-15(3-5-16)26-20(33)19-13-35-30-29-19/h2-5,10-13H,6-9H2,1H3,(H,26,33)(H2,27,28,34). The van der Waals surface area contributed by atoms with Crippen LogP contribution in [0.3, 0.4) is 0 Å². The van der Waals surface area contributed by atoms with Crippen LogP contribution in [0.4, 0.5) is 35.9 Å². The first-order valence-electron chi connectivity index (χ1n) is 10.6. The van der Waals surface area contributed by atoms with E-state index in [0.29, 0.717) is 30.2 Å². The van der Waals surface area contributed by atoms with Crippen LogP contribution >= 0.6 is 23.8 Å². The largest absolute Gasteiger partial charge is 0.416 e. The lowest BCUT2D eigenvalue weighted by atomic mass is 10.1. The van der Waals surface area contributed by atoms with E-state index in [2.05, 4.69) is 30.4 Å². The number of nitrogens with one attached hydrogen (secondary N) is 3. The van der Waals surface area contributed by atoms with E-state index in [9.17, 15) is 18.0 Å². The van der Waals surface area contributed by atoms with Gasteiger partial charge in [0.1, 0.15) is 0 Å². The molecule has 8 nitrogen and oxygen atoms in total. The summed E-state index contributed by atoms with van der Waals surface area (Å²) in [6.07, 6.45) is -4.48. The van der Waals surface area contributed by atoms with Crippen molar-refractivity contribution in [1.29, 1.82) is 0 Å². The molecule has 184 valence electrons. The zero-order chi connectivity index (χ0) is 25.0. The van der Waals surface area contributed by atoms with E-state index in [-0.39, 0.29) is 22.4 Å². The van der Waals surface area contributed by atoms with Crippen molar-refractivity contribution in [2.45, 2.75) is 6.18 Å². The molecule has 1 aromatic heterocycles. The zero-order valence-corrected chi connectivity index (χ0v) is 20.2. The van der Waals surface area contributed by atoms with Crippen LogP contribution in [0.1, 0.15) is 16.1 Å². The fourth-order valence-electron chi connectivity index (χ4n) is 3.48. The third-order valence-corrected chi connectivity index (χ3v) is 6.07. The van der Waals surface area contributed by atoms with Crippen LogP contribution in [-0.2, 0) is 6.18 Å². The van der Waals surface area contributed by atoms with Gasteiger partial charge in [-0.25, -0.2) is 0 Å². The number of halogens is 3. The Labute approximate surface area is 209 Å². The van der Waals surface area contributed by atoms with E-state index in [1.807, 2.05) is 11.9 Å². The van der Waals surface area contributed by atoms with Crippen LogP contribution in [0.25, 0.3) is 0 Å². The molecule has 1 fully saturated rings. The van der Waals surface area contributed by atoms with Gasteiger partial charge in [0.2, 0.25) is 0 Å². The monoisotopic (exact) mass is 521 g/mol. The lowest BCUT2D eigenvalue weighted by molar-refractivity contribution is -0.137. The van der Waals surface area contributed by atoms with Gasteiger partial charge in [-0.05, 0) is 73.3 Å². The normalized spacial score (nSPS) is 14.5. The van der Waals surface area contributed by atoms with Gasteiger partial charge in [-0.2, -0.15) is 13.2 Å². The molecule has 0 unspecified atom stereocenters. The Balaban J connectivity index is 1.42. The van der Waals surface area contributed by atoms with Crippen LogP contribution in [-0.4, -0.2) is 58.7 Å². The maximum atomic E-state index is 13.5. The van der Waals surface area contributed by atoms with E-state index >= 15 is 0 Å². The lowest BCUT2D eigenvalue weighted by Gasteiger charge is -2.34. The summed E-state index contributed by atoms with van der Waals surface area (Å²) in [5.74, 6) is -0.377. The number of nitrogens with zero attached hydrogens (tertiary/aromatic N) is 4. The number of piperazine rings is 1. The van der Waals surface area contributed by atoms with Gasteiger partial charge < -0.3 is 25.8 Å². The van der Waals surface area contributed by atoms with Gasteiger partial charge in [0, 0.05) is 54.3 Å². The molecule has 1 aliphatic heterocycles. The Hall–Kier alpha value is -3.29. The fourth-order valence-corrected chi connectivity index (χ4v) is 4.16. The van der Waals surface area contributed by atoms with Crippen molar-refractivity contribution in [2.75, 3.05) is 54.1 Å². The molecule has 0 radical (unpaired) electrons. The number of aromatic nitrogens is 2. The molecule has 0 atom stereocenters. The van der Waals surface area contributed by atoms with Crippen LogP contribution in [0.2, 0.25) is 0 Å². The van der Waals surface area contributed by atoms with Crippen molar-refractivity contribution in [2.24, 2.45) is 0 Å². The van der Waals surface area contributed by atoms with E-state index in [4.69, 9.17) is 12.2 Å². The second-order valence-corrected chi connectivity index (χ2v) is 8.98. The topological polar surface area (TPSA) is 85.4 Å². The molecular formula is C22H22F3N7OS2. The predicted octanol–water partition coefficient (Wildman–Crippen LogP) is 4.37. The molecule has 2 aromatic carbocycles. The number of hydrogen-bond acceptors (Lipinski definition) is 7. The number of alkyl halides is 3. The summed E-state index contributed by atoms with van der Waals surface area (Å²) in [6.45, 7) is 2.83. The lowest BCUT2D eigenvalue weighted by Crippen LogP contribution is -2.44. The molecular weight excluding hydrogens is 499 g/mol. The molecule has 0 spiro atoms. The summed E-state index contributed by atoms with van der Waals surface area (Å²) in [7, 11) is 1.99. The Kier molecular flexibility index (Phi) is 7.48. The molecule has 0 saturated carbocycles. The molecule has 3 aromatic rings. The number of benzene rings is 2. The number of thiocarbonyl (C=S) groups is 1. The minimum atomic E-state index is -4.48. The highest BCUT2D eigenvalue weighted by atomic mass is 32.1. The second-order valence-electron chi connectivity index (χ2n) is 7.96. The van der Waals surface area contributed by atoms with Crippen molar-refractivity contribution >= 4 is 57.5 Å². The van der Waals surface area contributed by atoms with Crippen molar-refractivity contribution in [3.63, 3.8) is 0 Å². The highest BCUT2D eigenvalue weighted by Crippen LogP contribution is 2.35. The summed E-state index contributed by atoms with van der Waals surface area (Å²) in [6, 6.07) is 10.6. The van der Waals surface area contributed by atoms with Crippen molar-refractivity contribution in [3.05, 3.63) is 59.1 Å². The second kappa shape index (κ2) is 10.5. The quantitative estimate of drug-likeness (QED) is 0.427. The molecule has 3 N–H and O–H groups in total. The third-order valence-electron chi connectivity index (χ3n) is 5.36. The number of rotatable bonds is 5. The van der Waals surface area contributed by atoms with E-state index < -0.39 is 11.7 Å². The first-order chi connectivity index (χ1) is 16.7. The van der Waals surface area contributed by atoms with E-state index in [0.717, 1.165) is 30.7 Å². The average Bonchev–Trinajstić information content (AvgIpc) is 3.35. The number of amides is 1. The molecule has 1 saturated heterocycles. The van der Waals surface area contributed by atoms with Crippen LogP contribution in [0.5, 0.6) is 0 Å². The van der Waals surface area contributed by atoms with Crippen LogP contribution in [0, 0.1) is 0 Å². The van der Waals surface area contributed by atoms with Gasteiger partial charge in [-0.3, -0.25) is 4.79 Å². The van der Waals surface area contributed by atoms with Gasteiger partial charge in [-0.15, -0.1) is 5.10 Å². The third kappa shape index (κ3) is 6.65. The van der Waals surface area contributed by atoms with Crippen LogP contribution < -0.4 is 20.9 Å². The van der Waals surface area contributed by atoms with Gasteiger partial charge >= 0.3 is 6.18 Å². The molecule has 0 bridgehead atoms. The smallest absolute Gasteiger partial charge is 0.369 e. The van der Waals surface area contributed by atoms with Crippen molar-refractivity contribution < 1.29 is 18.0 Å². The van der Waals surface area contributed by atoms with E-state index in [1.165, 1.54) is 11.4 Å². The van der Waals surface area contributed by atoms with Gasteiger partial charge in [0.05, 0.1) is 5.56 Å². The summed E-state index contributed by atoms with van der Waals surface area (Å²) in [5.41, 5.74) is 1.36.